The predicted molar refractivity (Wildman–Crippen MR) is 324 cm³/mol. The van der Waals surface area contributed by atoms with Gasteiger partial charge in [-0.1, -0.05) is 306 Å². The summed E-state index contributed by atoms with van der Waals surface area (Å²) < 4.78 is 5.43. The molecule has 1 amide bonds. The molecule has 0 aliphatic carbocycles. The van der Waals surface area contributed by atoms with Gasteiger partial charge in [0.2, 0.25) is 5.91 Å². The van der Waals surface area contributed by atoms with Crippen molar-refractivity contribution >= 4 is 11.9 Å². The zero-order valence-corrected chi connectivity index (χ0v) is 49.6. The second-order valence-electron chi connectivity index (χ2n) is 22.4. The molecule has 0 aliphatic rings. The van der Waals surface area contributed by atoms with Crippen molar-refractivity contribution in [2.24, 2.45) is 0 Å². The molecule has 74 heavy (non-hydrogen) atoms. The molecule has 0 aliphatic heterocycles. The summed E-state index contributed by atoms with van der Waals surface area (Å²) in [7, 11) is 0. The summed E-state index contributed by atoms with van der Waals surface area (Å²) in [5, 5.41) is 23.4. The number of unbranched alkanes of at least 4 members (excludes halogenated alkanes) is 42. The Morgan fingerprint density at radius 2 is 0.676 bits per heavy atom. The first-order chi connectivity index (χ1) is 36.5. The van der Waals surface area contributed by atoms with Crippen molar-refractivity contribution in [1.82, 2.24) is 5.32 Å². The standard InChI is InChI=1S/C68H127NO5/c1-3-5-7-9-11-13-15-17-19-21-28-32-36-40-44-48-52-56-60-66(71)65(64-70)69-67(72)61-57-53-49-45-41-37-33-29-26-24-23-25-27-31-35-39-43-47-51-55-59-63-74-68(73)62-58-54-50-46-42-38-34-30-22-20-18-16-14-12-10-8-6-4-2/h14,16,20,22,39,43,51,55,65-66,70-71H,3-13,15,17-19,21,23-38,40-42,44-50,52-54,56-64H2,1-2H3,(H,69,72)/b16-14-,22-20-,43-39-,55-51-. The number of amides is 1. The van der Waals surface area contributed by atoms with E-state index in [1.807, 2.05) is 0 Å². The Morgan fingerprint density at radius 1 is 0.378 bits per heavy atom. The number of carbonyl (C=O) groups is 2. The highest BCUT2D eigenvalue weighted by molar-refractivity contribution is 5.76. The molecule has 0 saturated heterocycles. The lowest BCUT2D eigenvalue weighted by atomic mass is 10.0. The normalized spacial score (nSPS) is 12.9. The second kappa shape index (κ2) is 63.4. The molecule has 2 atom stereocenters. The van der Waals surface area contributed by atoms with Gasteiger partial charge in [0, 0.05) is 12.8 Å². The van der Waals surface area contributed by atoms with Crippen molar-refractivity contribution in [1.29, 1.82) is 0 Å². The Kier molecular flexibility index (Phi) is 61.5. The molecular formula is C68H127NO5. The van der Waals surface area contributed by atoms with E-state index in [-0.39, 0.29) is 18.5 Å². The zero-order chi connectivity index (χ0) is 53.6. The van der Waals surface area contributed by atoms with Crippen molar-refractivity contribution in [3.05, 3.63) is 48.6 Å². The molecule has 6 nitrogen and oxygen atoms in total. The third-order valence-corrected chi connectivity index (χ3v) is 15.1. The van der Waals surface area contributed by atoms with E-state index in [9.17, 15) is 19.8 Å². The summed E-state index contributed by atoms with van der Waals surface area (Å²) in [6.07, 6.45) is 81.4. The number of hydrogen-bond acceptors (Lipinski definition) is 5. The van der Waals surface area contributed by atoms with Crippen molar-refractivity contribution in [3.8, 4) is 0 Å². The molecule has 0 spiro atoms. The predicted octanol–water partition coefficient (Wildman–Crippen LogP) is 20.9. The van der Waals surface area contributed by atoms with E-state index in [0.717, 1.165) is 57.8 Å². The van der Waals surface area contributed by atoms with Crippen LogP contribution in [0.15, 0.2) is 48.6 Å². The van der Waals surface area contributed by atoms with Crippen LogP contribution >= 0.6 is 0 Å². The monoisotopic (exact) mass is 1040 g/mol. The van der Waals surface area contributed by atoms with Gasteiger partial charge in [0.1, 0.15) is 0 Å². The van der Waals surface area contributed by atoms with E-state index in [1.54, 1.807) is 0 Å². The van der Waals surface area contributed by atoms with Gasteiger partial charge in [-0.3, -0.25) is 9.59 Å². The highest BCUT2D eigenvalue weighted by Gasteiger charge is 2.20. The van der Waals surface area contributed by atoms with Crippen LogP contribution < -0.4 is 5.32 Å². The van der Waals surface area contributed by atoms with Gasteiger partial charge in [-0.25, -0.2) is 0 Å². The molecular weight excluding hydrogens is 911 g/mol. The van der Waals surface area contributed by atoms with E-state index >= 15 is 0 Å². The fraction of sp³-hybridized carbons (Fsp3) is 0.853. The van der Waals surface area contributed by atoms with E-state index in [1.165, 1.54) is 257 Å². The minimum absolute atomic E-state index is 0.0377. The van der Waals surface area contributed by atoms with E-state index in [2.05, 4.69) is 67.8 Å². The Morgan fingerprint density at radius 3 is 1.04 bits per heavy atom. The van der Waals surface area contributed by atoms with Gasteiger partial charge >= 0.3 is 5.97 Å². The number of rotatable bonds is 61. The molecule has 2 unspecified atom stereocenters. The van der Waals surface area contributed by atoms with Crippen LogP contribution in [0.4, 0.5) is 0 Å². The molecule has 0 aromatic rings. The maximum Gasteiger partial charge on any atom is 0.305 e. The molecule has 0 saturated carbocycles. The maximum absolute atomic E-state index is 12.5. The summed E-state index contributed by atoms with van der Waals surface area (Å²) in [6, 6.07) is -0.547. The van der Waals surface area contributed by atoms with Crippen LogP contribution in [-0.4, -0.2) is 47.4 Å². The first kappa shape index (κ1) is 71.8. The maximum atomic E-state index is 12.5. The highest BCUT2D eigenvalue weighted by Crippen LogP contribution is 2.18. The van der Waals surface area contributed by atoms with Crippen LogP contribution in [0.25, 0.3) is 0 Å². The van der Waals surface area contributed by atoms with Crippen LogP contribution in [0.1, 0.15) is 348 Å². The second-order valence-corrected chi connectivity index (χ2v) is 22.4. The van der Waals surface area contributed by atoms with E-state index in [0.29, 0.717) is 25.9 Å². The van der Waals surface area contributed by atoms with Crippen molar-refractivity contribution in [2.75, 3.05) is 13.2 Å². The van der Waals surface area contributed by atoms with Gasteiger partial charge in [0.15, 0.2) is 0 Å². The minimum Gasteiger partial charge on any atom is -0.465 e. The summed E-state index contributed by atoms with van der Waals surface area (Å²) in [4.78, 5) is 24.6. The average molecular weight is 1040 g/mol. The third-order valence-electron chi connectivity index (χ3n) is 15.1. The molecule has 6 heteroatoms. The number of nitrogens with one attached hydrogen (secondary N) is 1. The number of hydrogen-bond donors (Lipinski definition) is 3. The fourth-order valence-electron chi connectivity index (χ4n) is 10.1. The molecule has 0 bridgehead atoms. The van der Waals surface area contributed by atoms with E-state index in [4.69, 9.17) is 4.74 Å². The SMILES string of the molecule is CCCCCC/C=C\C/C=C\CCCCCCCCCC(=O)OCC/C=C\C/C=C\CCCCCCCCCCCCCCCCC(=O)NC(CO)C(O)CCCCCCCCCCCCCCCCCCCC. The highest BCUT2D eigenvalue weighted by atomic mass is 16.5. The van der Waals surface area contributed by atoms with E-state index < -0.39 is 12.1 Å². The number of aliphatic hydroxyl groups excluding tert-OH is 2. The fourth-order valence-corrected chi connectivity index (χ4v) is 10.1. The molecule has 3 N–H and O–H groups in total. The minimum atomic E-state index is -0.669. The number of carbonyl (C=O) groups excluding carboxylic acids is 2. The van der Waals surface area contributed by atoms with Gasteiger partial charge in [-0.05, 0) is 77.0 Å². The number of allylic oxidation sites excluding steroid dienone is 7. The van der Waals surface area contributed by atoms with Gasteiger partial charge in [0.05, 0.1) is 25.4 Å². The number of ether oxygens (including phenoxy) is 1. The van der Waals surface area contributed by atoms with Gasteiger partial charge in [-0.15, -0.1) is 0 Å². The van der Waals surface area contributed by atoms with Crippen molar-refractivity contribution in [3.63, 3.8) is 0 Å². The topological polar surface area (TPSA) is 95.9 Å². The Bertz CT molecular complexity index is 1240. The zero-order valence-electron chi connectivity index (χ0n) is 49.6. The molecule has 0 radical (unpaired) electrons. The molecule has 0 heterocycles. The van der Waals surface area contributed by atoms with Gasteiger partial charge < -0.3 is 20.3 Å². The van der Waals surface area contributed by atoms with Crippen LogP contribution in [-0.2, 0) is 14.3 Å². The molecule has 0 aromatic carbocycles. The number of aliphatic hydroxyl groups is 2. The largest absolute Gasteiger partial charge is 0.465 e. The molecule has 434 valence electrons. The average Bonchev–Trinajstić information content (AvgIpc) is 3.40. The van der Waals surface area contributed by atoms with Crippen molar-refractivity contribution in [2.45, 2.75) is 360 Å². The molecule has 0 rings (SSSR count). The summed E-state index contributed by atoms with van der Waals surface area (Å²) in [5.41, 5.74) is 0. The van der Waals surface area contributed by atoms with Crippen LogP contribution in [0, 0.1) is 0 Å². The van der Waals surface area contributed by atoms with Crippen LogP contribution in [0.5, 0.6) is 0 Å². The summed E-state index contributed by atoms with van der Waals surface area (Å²) in [5.74, 6) is -0.0801. The van der Waals surface area contributed by atoms with Crippen LogP contribution in [0.2, 0.25) is 0 Å². The lowest BCUT2D eigenvalue weighted by Gasteiger charge is -2.22. The Balaban J connectivity index is 3.45. The summed E-state index contributed by atoms with van der Waals surface area (Å²) >= 11 is 0. The Labute approximate surface area is 461 Å². The van der Waals surface area contributed by atoms with Gasteiger partial charge in [-0.2, -0.15) is 0 Å². The first-order valence-corrected chi connectivity index (χ1v) is 32.9. The van der Waals surface area contributed by atoms with Crippen LogP contribution in [0.3, 0.4) is 0 Å². The smallest absolute Gasteiger partial charge is 0.305 e. The Hall–Kier alpha value is -2.18. The lowest BCUT2D eigenvalue weighted by molar-refractivity contribution is -0.143. The molecule has 0 fully saturated rings. The summed E-state index contributed by atoms with van der Waals surface area (Å²) in [6.45, 7) is 4.84. The lowest BCUT2D eigenvalue weighted by Crippen LogP contribution is -2.45. The molecule has 0 aromatic heterocycles. The first-order valence-electron chi connectivity index (χ1n) is 32.9. The van der Waals surface area contributed by atoms with Gasteiger partial charge in [0.25, 0.3) is 0 Å². The number of esters is 1. The third kappa shape index (κ3) is 59.1. The van der Waals surface area contributed by atoms with Crippen molar-refractivity contribution < 1.29 is 24.5 Å². The quantitative estimate of drug-likeness (QED) is 0.0320.